The summed E-state index contributed by atoms with van der Waals surface area (Å²) in [5.74, 6) is 0. The lowest BCUT2D eigenvalue weighted by Crippen LogP contribution is -2.27. The van der Waals surface area contributed by atoms with Gasteiger partial charge in [0.25, 0.3) is 0 Å². The molecule has 0 bridgehead atoms. The van der Waals surface area contributed by atoms with Gasteiger partial charge in [-0.05, 0) is 18.9 Å². The largest absolute Gasteiger partial charge is 0.394 e. The maximum absolute atomic E-state index is 8.81. The van der Waals surface area contributed by atoms with Gasteiger partial charge >= 0.3 is 0 Å². The van der Waals surface area contributed by atoms with Crippen LogP contribution in [0.3, 0.4) is 0 Å². The molecule has 0 saturated carbocycles. The quantitative estimate of drug-likeness (QED) is 0.779. The standard InChI is InChI=1S/C14H20N4O/c1-12(9-13-5-3-2-4-6-13)15-10-14-11-18(7-8-19)17-16-14/h2-6,11-12,15,19H,7-10H2,1H3. The highest BCUT2D eigenvalue weighted by molar-refractivity contribution is 5.15. The molecule has 0 aliphatic carbocycles. The third kappa shape index (κ3) is 4.46. The average Bonchev–Trinajstić information content (AvgIpc) is 2.86. The first-order chi connectivity index (χ1) is 9.28. The Hall–Kier alpha value is -1.72. The predicted octanol–water partition coefficient (Wildman–Crippen LogP) is 0.991. The van der Waals surface area contributed by atoms with Crippen molar-refractivity contribution in [3.8, 4) is 0 Å². The fourth-order valence-corrected chi connectivity index (χ4v) is 1.95. The molecule has 5 nitrogen and oxygen atoms in total. The van der Waals surface area contributed by atoms with Crippen LogP contribution in [0.4, 0.5) is 0 Å². The van der Waals surface area contributed by atoms with Crippen molar-refractivity contribution in [2.45, 2.75) is 32.5 Å². The Morgan fingerprint density at radius 3 is 2.84 bits per heavy atom. The Labute approximate surface area is 113 Å². The molecule has 0 fully saturated rings. The molecule has 2 N–H and O–H groups in total. The summed E-state index contributed by atoms with van der Waals surface area (Å²) in [5, 5.41) is 20.2. The molecule has 102 valence electrons. The van der Waals surface area contributed by atoms with Crippen molar-refractivity contribution in [1.29, 1.82) is 0 Å². The number of benzene rings is 1. The zero-order valence-corrected chi connectivity index (χ0v) is 11.2. The molecule has 0 aliphatic rings. The molecule has 0 amide bonds. The van der Waals surface area contributed by atoms with E-state index in [9.17, 15) is 0 Å². The molecule has 2 rings (SSSR count). The van der Waals surface area contributed by atoms with Crippen molar-refractivity contribution >= 4 is 0 Å². The second kappa shape index (κ2) is 7.01. The molecule has 5 heteroatoms. The maximum atomic E-state index is 8.81. The number of rotatable bonds is 7. The molecule has 0 spiro atoms. The van der Waals surface area contributed by atoms with Gasteiger partial charge in [-0.25, -0.2) is 4.68 Å². The van der Waals surface area contributed by atoms with Crippen molar-refractivity contribution in [2.75, 3.05) is 6.61 Å². The fourth-order valence-electron chi connectivity index (χ4n) is 1.95. The zero-order valence-electron chi connectivity index (χ0n) is 11.2. The fraction of sp³-hybridized carbons (Fsp3) is 0.429. The van der Waals surface area contributed by atoms with Crippen LogP contribution in [0.2, 0.25) is 0 Å². The molecule has 1 aromatic carbocycles. The number of aliphatic hydroxyl groups is 1. The number of hydrogen-bond acceptors (Lipinski definition) is 4. The molecule has 0 aliphatic heterocycles. The third-order valence-electron chi connectivity index (χ3n) is 2.93. The molecule has 0 saturated heterocycles. The van der Waals surface area contributed by atoms with Gasteiger partial charge in [0.15, 0.2) is 0 Å². The monoisotopic (exact) mass is 260 g/mol. The topological polar surface area (TPSA) is 63.0 Å². The predicted molar refractivity (Wildman–Crippen MR) is 73.6 cm³/mol. The van der Waals surface area contributed by atoms with E-state index < -0.39 is 0 Å². The minimum Gasteiger partial charge on any atom is -0.394 e. The number of nitrogens with one attached hydrogen (secondary N) is 1. The summed E-state index contributed by atoms with van der Waals surface area (Å²) in [6.07, 6.45) is 2.85. The van der Waals surface area contributed by atoms with E-state index in [2.05, 4.69) is 46.8 Å². The first-order valence-corrected chi connectivity index (χ1v) is 6.55. The van der Waals surface area contributed by atoms with E-state index in [1.807, 2.05) is 12.3 Å². The zero-order chi connectivity index (χ0) is 13.5. The Morgan fingerprint density at radius 1 is 1.32 bits per heavy atom. The van der Waals surface area contributed by atoms with Crippen molar-refractivity contribution in [3.05, 3.63) is 47.8 Å². The van der Waals surface area contributed by atoms with Crippen LogP contribution in [0.15, 0.2) is 36.5 Å². The van der Waals surface area contributed by atoms with Gasteiger partial charge in [-0.1, -0.05) is 35.5 Å². The number of aliphatic hydroxyl groups excluding tert-OH is 1. The third-order valence-corrected chi connectivity index (χ3v) is 2.93. The van der Waals surface area contributed by atoms with Crippen LogP contribution < -0.4 is 5.32 Å². The normalized spacial score (nSPS) is 12.5. The van der Waals surface area contributed by atoms with Crippen molar-refractivity contribution in [3.63, 3.8) is 0 Å². The van der Waals surface area contributed by atoms with E-state index >= 15 is 0 Å². The first-order valence-electron chi connectivity index (χ1n) is 6.55. The Morgan fingerprint density at radius 2 is 2.11 bits per heavy atom. The number of aromatic nitrogens is 3. The molecule has 0 radical (unpaired) electrons. The van der Waals surface area contributed by atoms with Crippen molar-refractivity contribution in [1.82, 2.24) is 20.3 Å². The summed E-state index contributed by atoms with van der Waals surface area (Å²) in [6, 6.07) is 10.8. The maximum Gasteiger partial charge on any atom is 0.0964 e. The highest BCUT2D eigenvalue weighted by Gasteiger charge is 2.05. The van der Waals surface area contributed by atoms with Gasteiger partial charge < -0.3 is 10.4 Å². The van der Waals surface area contributed by atoms with Crippen LogP contribution in [0.25, 0.3) is 0 Å². The lowest BCUT2D eigenvalue weighted by Gasteiger charge is -2.12. The van der Waals surface area contributed by atoms with Gasteiger partial charge in [0.1, 0.15) is 0 Å². The molecule has 1 atom stereocenters. The minimum absolute atomic E-state index is 0.0840. The Bertz CT molecular complexity index is 483. The summed E-state index contributed by atoms with van der Waals surface area (Å²) in [7, 11) is 0. The van der Waals surface area contributed by atoms with Crippen LogP contribution in [0.1, 0.15) is 18.2 Å². The summed E-state index contributed by atoms with van der Waals surface area (Å²) < 4.78 is 1.65. The average molecular weight is 260 g/mol. The summed E-state index contributed by atoms with van der Waals surface area (Å²) >= 11 is 0. The summed E-state index contributed by atoms with van der Waals surface area (Å²) in [5.41, 5.74) is 2.22. The van der Waals surface area contributed by atoms with E-state index in [0.717, 1.165) is 12.1 Å². The lowest BCUT2D eigenvalue weighted by molar-refractivity contribution is 0.268. The molecular formula is C14H20N4O. The molecule has 1 heterocycles. The highest BCUT2D eigenvalue weighted by atomic mass is 16.3. The second-order valence-electron chi connectivity index (χ2n) is 4.67. The van der Waals surface area contributed by atoms with E-state index in [-0.39, 0.29) is 6.61 Å². The number of hydrogen-bond donors (Lipinski definition) is 2. The summed E-state index contributed by atoms with van der Waals surface area (Å²) in [6.45, 7) is 3.43. The van der Waals surface area contributed by atoms with Crippen LogP contribution in [-0.2, 0) is 19.5 Å². The summed E-state index contributed by atoms with van der Waals surface area (Å²) in [4.78, 5) is 0. The van der Waals surface area contributed by atoms with Gasteiger partial charge in [-0.2, -0.15) is 0 Å². The Balaban J connectivity index is 1.78. The van der Waals surface area contributed by atoms with Gasteiger partial charge in [0, 0.05) is 18.8 Å². The molecule has 2 aromatic rings. The van der Waals surface area contributed by atoms with E-state index in [1.54, 1.807) is 4.68 Å². The van der Waals surface area contributed by atoms with E-state index in [0.29, 0.717) is 19.1 Å². The van der Waals surface area contributed by atoms with Crippen LogP contribution in [0, 0.1) is 0 Å². The minimum atomic E-state index is 0.0840. The van der Waals surface area contributed by atoms with Gasteiger partial charge in [0.2, 0.25) is 0 Å². The van der Waals surface area contributed by atoms with E-state index in [1.165, 1.54) is 5.56 Å². The van der Waals surface area contributed by atoms with Crippen LogP contribution >= 0.6 is 0 Å². The lowest BCUT2D eigenvalue weighted by atomic mass is 10.1. The highest BCUT2D eigenvalue weighted by Crippen LogP contribution is 2.03. The van der Waals surface area contributed by atoms with Gasteiger partial charge in [0.05, 0.1) is 18.8 Å². The van der Waals surface area contributed by atoms with Crippen LogP contribution in [0.5, 0.6) is 0 Å². The number of nitrogens with zero attached hydrogens (tertiary/aromatic N) is 3. The SMILES string of the molecule is CC(Cc1ccccc1)NCc1cn(CCO)nn1. The van der Waals surface area contributed by atoms with Crippen molar-refractivity contribution < 1.29 is 5.11 Å². The molecule has 19 heavy (non-hydrogen) atoms. The molecule has 1 unspecified atom stereocenters. The molecular weight excluding hydrogens is 240 g/mol. The first kappa shape index (κ1) is 13.7. The van der Waals surface area contributed by atoms with Gasteiger partial charge in [-0.15, -0.1) is 5.10 Å². The molecule has 1 aromatic heterocycles. The van der Waals surface area contributed by atoms with Crippen LogP contribution in [-0.4, -0.2) is 32.7 Å². The Kier molecular flexibility index (Phi) is 5.06. The smallest absolute Gasteiger partial charge is 0.0964 e. The van der Waals surface area contributed by atoms with E-state index in [4.69, 9.17) is 5.11 Å². The second-order valence-corrected chi connectivity index (χ2v) is 4.67. The van der Waals surface area contributed by atoms with Gasteiger partial charge in [-0.3, -0.25) is 0 Å². The van der Waals surface area contributed by atoms with Crippen molar-refractivity contribution in [2.24, 2.45) is 0 Å².